The molecule has 1 aliphatic rings. The van der Waals surface area contributed by atoms with Gasteiger partial charge in [0.1, 0.15) is 5.75 Å². The first-order valence-corrected chi connectivity index (χ1v) is 11.1. The van der Waals surface area contributed by atoms with Crippen molar-refractivity contribution in [3.63, 3.8) is 0 Å². The highest BCUT2D eigenvalue weighted by Crippen LogP contribution is 2.34. The van der Waals surface area contributed by atoms with Crippen LogP contribution in [0.1, 0.15) is 83.6 Å². The highest BCUT2D eigenvalue weighted by atomic mass is 16.5. The van der Waals surface area contributed by atoms with E-state index in [0.29, 0.717) is 12.2 Å². The molecular formula is C26H34O2. The van der Waals surface area contributed by atoms with Crippen molar-refractivity contribution in [1.29, 1.82) is 0 Å². The molecule has 0 N–H and O–H groups in total. The zero-order valence-corrected chi connectivity index (χ0v) is 17.5. The third-order valence-electron chi connectivity index (χ3n) is 5.88. The number of carbonyl (C=O) groups excluding carboxylic acids is 1. The van der Waals surface area contributed by atoms with Crippen LogP contribution in [0.4, 0.5) is 0 Å². The fourth-order valence-electron chi connectivity index (χ4n) is 4.09. The van der Waals surface area contributed by atoms with Crippen LogP contribution in [0.25, 0.3) is 16.3 Å². The third kappa shape index (κ3) is 5.70. The van der Waals surface area contributed by atoms with Gasteiger partial charge in [-0.25, -0.2) is 0 Å². The number of hydrogen-bond donors (Lipinski definition) is 0. The lowest BCUT2D eigenvalue weighted by Crippen LogP contribution is -2.07. The first kappa shape index (κ1) is 20.6. The zero-order valence-electron chi connectivity index (χ0n) is 17.5. The van der Waals surface area contributed by atoms with Gasteiger partial charge in [-0.05, 0) is 71.7 Å². The monoisotopic (exact) mass is 378 g/mol. The topological polar surface area (TPSA) is 26.3 Å². The molecule has 1 atom stereocenters. The molecule has 0 spiro atoms. The van der Waals surface area contributed by atoms with Crippen molar-refractivity contribution >= 4 is 22.3 Å². The van der Waals surface area contributed by atoms with Crippen LogP contribution in [0.3, 0.4) is 0 Å². The summed E-state index contributed by atoms with van der Waals surface area (Å²) in [6.07, 6.45) is 14.0. The van der Waals surface area contributed by atoms with E-state index in [1.54, 1.807) is 0 Å². The molecule has 0 radical (unpaired) electrons. The maximum absolute atomic E-state index is 11.8. The Hall–Kier alpha value is -2.09. The number of rotatable bonds is 9. The van der Waals surface area contributed by atoms with E-state index in [1.807, 2.05) is 12.1 Å². The van der Waals surface area contributed by atoms with Crippen molar-refractivity contribution in [2.75, 3.05) is 0 Å². The molecule has 28 heavy (non-hydrogen) atoms. The second-order valence-corrected chi connectivity index (χ2v) is 8.17. The first-order valence-electron chi connectivity index (χ1n) is 11.1. The summed E-state index contributed by atoms with van der Waals surface area (Å²) in [6, 6.07) is 12.6. The van der Waals surface area contributed by atoms with Gasteiger partial charge in [-0.3, -0.25) is 4.79 Å². The molecule has 0 aliphatic heterocycles. The Morgan fingerprint density at radius 3 is 2.54 bits per heavy atom. The van der Waals surface area contributed by atoms with E-state index in [4.69, 9.17) is 4.74 Å². The second-order valence-electron chi connectivity index (χ2n) is 8.17. The molecular weight excluding hydrogens is 344 g/mol. The predicted molar refractivity (Wildman–Crippen MR) is 119 cm³/mol. The number of hydrogen-bond acceptors (Lipinski definition) is 2. The average Bonchev–Trinajstić information content (AvgIpc) is 2.72. The van der Waals surface area contributed by atoms with E-state index in [2.05, 4.69) is 44.2 Å². The summed E-state index contributed by atoms with van der Waals surface area (Å²) in [7, 11) is 0. The molecule has 0 amide bonds. The van der Waals surface area contributed by atoms with Crippen LogP contribution in [0.5, 0.6) is 5.75 Å². The quantitative estimate of drug-likeness (QED) is 0.254. The van der Waals surface area contributed by atoms with Crippen LogP contribution in [0.2, 0.25) is 0 Å². The minimum absolute atomic E-state index is 0.140. The van der Waals surface area contributed by atoms with Gasteiger partial charge in [0.15, 0.2) is 0 Å². The van der Waals surface area contributed by atoms with Crippen LogP contribution in [-0.4, -0.2) is 5.97 Å². The van der Waals surface area contributed by atoms with Gasteiger partial charge in [0, 0.05) is 6.42 Å². The van der Waals surface area contributed by atoms with Crippen molar-refractivity contribution < 1.29 is 9.53 Å². The van der Waals surface area contributed by atoms with E-state index in [0.717, 1.165) is 24.1 Å². The normalized spacial score (nSPS) is 16.8. The van der Waals surface area contributed by atoms with Gasteiger partial charge in [0.25, 0.3) is 0 Å². The molecule has 2 aromatic rings. The third-order valence-corrected chi connectivity index (χ3v) is 5.88. The summed E-state index contributed by atoms with van der Waals surface area (Å²) in [5, 5.41) is 2.33. The SMILES string of the molecule is CCCCCC1CC=C(c2ccc3cc(OC(=O)CCCC)ccc3c2)CC1. The molecule has 0 heterocycles. The molecule has 0 fully saturated rings. The summed E-state index contributed by atoms with van der Waals surface area (Å²) in [5.41, 5.74) is 2.83. The number of benzene rings is 2. The second kappa shape index (κ2) is 10.5. The van der Waals surface area contributed by atoms with Crippen molar-refractivity contribution in [2.24, 2.45) is 5.92 Å². The van der Waals surface area contributed by atoms with Gasteiger partial charge in [0.2, 0.25) is 0 Å². The van der Waals surface area contributed by atoms with Crippen molar-refractivity contribution in [1.82, 2.24) is 0 Å². The Labute approximate surface area is 170 Å². The van der Waals surface area contributed by atoms with Gasteiger partial charge >= 0.3 is 5.97 Å². The van der Waals surface area contributed by atoms with Crippen molar-refractivity contribution in [3.8, 4) is 5.75 Å². The van der Waals surface area contributed by atoms with E-state index in [1.165, 1.54) is 61.5 Å². The Kier molecular flexibility index (Phi) is 7.71. The Balaban J connectivity index is 1.64. The summed E-state index contributed by atoms with van der Waals surface area (Å²) in [4.78, 5) is 11.8. The van der Waals surface area contributed by atoms with Crippen LogP contribution in [0.15, 0.2) is 42.5 Å². The summed E-state index contributed by atoms with van der Waals surface area (Å²) in [5.74, 6) is 1.38. The molecule has 0 saturated heterocycles. The molecule has 0 bridgehead atoms. The molecule has 2 nitrogen and oxygen atoms in total. The highest BCUT2D eigenvalue weighted by molar-refractivity contribution is 5.88. The number of carbonyl (C=O) groups is 1. The van der Waals surface area contributed by atoms with Gasteiger partial charge < -0.3 is 4.74 Å². The average molecular weight is 379 g/mol. The molecule has 1 aliphatic carbocycles. The lowest BCUT2D eigenvalue weighted by atomic mass is 9.83. The highest BCUT2D eigenvalue weighted by Gasteiger charge is 2.15. The summed E-state index contributed by atoms with van der Waals surface area (Å²) >= 11 is 0. The Bertz CT molecular complexity index is 818. The van der Waals surface area contributed by atoms with E-state index < -0.39 is 0 Å². The smallest absolute Gasteiger partial charge is 0.311 e. The van der Waals surface area contributed by atoms with Crippen LogP contribution >= 0.6 is 0 Å². The van der Waals surface area contributed by atoms with Crippen LogP contribution in [-0.2, 0) is 4.79 Å². The number of ether oxygens (including phenoxy) is 1. The minimum atomic E-state index is -0.140. The van der Waals surface area contributed by atoms with Crippen molar-refractivity contribution in [2.45, 2.75) is 78.1 Å². The first-order chi connectivity index (χ1) is 13.7. The van der Waals surface area contributed by atoms with Gasteiger partial charge in [0.05, 0.1) is 0 Å². The maximum Gasteiger partial charge on any atom is 0.311 e. The lowest BCUT2D eigenvalue weighted by molar-refractivity contribution is -0.134. The molecule has 2 aromatic carbocycles. The Morgan fingerprint density at radius 2 is 1.79 bits per heavy atom. The van der Waals surface area contributed by atoms with E-state index in [9.17, 15) is 4.79 Å². The van der Waals surface area contributed by atoms with E-state index >= 15 is 0 Å². The molecule has 150 valence electrons. The number of unbranched alkanes of at least 4 members (excludes halogenated alkanes) is 3. The summed E-state index contributed by atoms with van der Waals surface area (Å²) < 4.78 is 5.47. The van der Waals surface area contributed by atoms with Crippen LogP contribution < -0.4 is 4.74 Å². The number of fused-ring (bicyclic) bond motifs is 1. The minimum Gasteiger partial charge on any atom is -0.427 e. The standard InChI is InChI=1S/C26H34O2/c1-3-5-7-8-20-10-12-21(13-11-20)22-14-15-24-19-25(17-16-23(24)18-22)28-26(27)9-6-4-2/h12,14-20H,3-11,13H2,1-2H3. The van der Waals surface area contributed by atoms with Crippen molar-refractivity contribution in [3.05, 3.63) is 48.0 Å². The molecule has 2 heteroatoms. The lowest BCUT2D eigenvalue weighted by Gasteiger charge is -2.22. The fourth-order valence-corrected chi connectivity index (χ4v) is 4.09. The van der Waals surface area contributed by atoms with Gasteiger partial charge in [-0.15, -0.1) is 0 Å². The predicted octanol–water partition coefficient (Wildman–Crippen LogP) is 7.70. The molecule has 0 aromatic heterocycles. The van der Waals surface area contributed by atoms with Gasteiger partial charge in [-0.1, -0.05) is 70.2 Å². The molecule has 1 unspecified atom stereocenters. The fraction of sp³-hybridized carbons (Fsp3) is 0.500. The van der Waals surface area contributed by atoms with Gasteiger partial charge in [-0.2, -0.15) is 0 Å². The van der Waals surface area contributed by atoms with E-state index in [-0.39, 0.29) is 5.97 Å². The maximum atomic E-state index is 11.8. The number of allylic oxidation sites excluding steroid dienone is 2. The molecule has 3 rings (SSSR count). The number of esters is 1. The zero-order chi connectivity index (χ0) is 19.8. The Morgan fingerprint density at radius 1 is 1.00 bits per heavy atom. The summed E-state index contributed by atoms with van der Waals surface area (Å²) in [6.45, 7) is 4.35. The van der Waals surface area contributed by atoms with Crippen LogP contribution in [0, 0.1) is 5.92 Å². The molecule has 0 saturated carbocycles. The largest absolute Gasteiger partial charge is 0.427 e.